The molecule has 3 aromatic rings. The number of methoxy groups -OCH3 is 1. The molecule has 1 atom stereocenters. The van der Waals surface area contributed by atoms with Gasteiger partial charge in [0.1, 0.15) is 12.4 Å². The van der Waals surface area contributed by atoms with Gasteiger partial charge in [-0.1, -0.05) is 65.4 Å². The summed E-state index contributed by atoms with van der Waals surface area (Å²) >= 11 is 13.5. The Morgan fingerprint density at radius 1 is 1.24 bits per heavy atom. The first-order valence-electron chi connectivity index (χ1n) is 10.2. The van der Waals surface area contributed by atoms with Gasteiger partial charge >= 0.3 is 5.97 Å². The van der Waals surface area contributed by atoms with E-state index in [2.05, 4.69) is 11.6 Å². The van der Waals surface area contributed by atoms with Crippen molar-refractivity contribution >= 4 is 46.6 Å². The van der Waals surface area contributed by atoms with Crippen LogP contribution in [0.25, 0.3) is 6.08 Å². The van der Waals surface area contributed by atoms with Gasteiger partial charge in [-0.3, -0.25) is 9.36 Å². The number of hydrogen-bond acceptors (Lipinski definition) is 6. The molecule has 0 bridgehead atoms. The summed E-state index contributed by atoms with van der Waals surface area (Å²) in [4.78, 5) is 31.6. The number of carbonyl (C=O) groups is 1. The Morgan fingerprint density at radius 3 is 2.62 bits per heavy atom. The third-order valence-electron chi connectivity index (χ3n) is 5.25. The molecule has 1 unspecified atom stereocenters. The SMILES string of the molecule is C=CCOC(=O)C1=C(C)N=c2s/c(=C/c3ccc(Cl)cc3Cl)c(=O)n2C1c1ccc(OC)cc1. The number of carbonyl (C=O) groups excluding carboxylic acids is 1. The zero-order valence-corrected chi connectivity index (χ0v) is 20.7. The van der Waals surface area contributed by atoms with Gasteiger partial charge in [-0.25, -0.2) is 9.79 Å². The lowest BCUT2D eigenvalue weighted by molar-refractivity contribution is -0.138. The van der Waals surface area contributed by atoms with E-state index in [1.807, 2.05) is 12.1 Å². The quantitative estimate of drug-likeness (QED) is 0.363. The molecular weight excluding hydrogens is 495 g/mol. The van der Waals surface area contributed by atoms with Crippen LogP contribution in [0.3, 0.4) is 0 Å². The molecule has 0 amide bonds. The number of aromatic nitrogens is 1. The summed E-state index contributed by atoms with van der Waals surface area (Å²) in [7, 11) is 1.57. The van der Waals surface area contributed by atoms with E-state index in [1.54, 1.807) is 50.4 Å². The highest BCUT2D eigenvalue weighted by Crippen LogP contribution is 2.31. The molecule has 0 fully saturated rings. The first kappa shape index (κ1) is 24.0. The molecule has 9 heteroatoms. The molecule has 0 spiro atoms. The number of ether oxygens (including phenoxy) is 2. The van der Waals surface area contributed by atoms with Crippen molar-refractivity contribution in [3.8, 4) is 5.75 Å². The fourth-order valence-electron chi connectivity index (χ4n) is 3.66. The molecule has 1 aliphatic heterocycles. The van der Waals surface area contributed by atoms with E-state index in [-0.39, 0.29) is 17.7 Å². The molecule has 2 aromatic carbocycles. The second kappa shape index (κ2) is 10.0. The van der Waals surface area contributed by atoms with Crippen molar-refractivity contribution in [2.45, 2.75) is 13.0 Å². The number of benzene rings is 2. The third-order valence-corrected chi connectivity index (χ3v) is 6.80. The summed E-state index contributed by atoms with van der Waals surface area (Å²) in [6, 6.07) is 11.5. The lowest BCUT2D eigenvalue weighted by Gasteiger charge is -2.24. The maximum absolute atomic E-state index is 13.6. The second-order valence-electron chi connectivity index (χ2n) is 7.41. The van der Waals surface area contributed by atoms with Crippen molar-refractivity contribution in [3.05, 3.63) is 107 Å². The molecule has 1 aliphatic rings. The maximum atomic E-state index is 13.6. The van der Waals surface area contributed by atoms with E-state index in [0.29, 0.717) is 36.4 Å². The highest BCUT2D eigenvalue weighted by atomic mass is 35.5. The Kier molecular flexibility index (Phi) is 7.07. The molecule has 0 saturated carbocycles. The minimum Gasteiger partial charge on any atom is -0.497 e. The zero-order chi connectivity index (χ0) is 24.4. The summed E-state index contributed by atoms with van der Waals surface area (Å²) in [6.07, 6.45) is 3.18. The number of nitrogens with zero attached hydrogens (tertiary/aromatic N) is 2. The number of rotatable bonds is 6. The van der Waals surface area contributed by atoms with Gasteiger partial charge in [0.15, 0.2) is 4.80 Å². The largest absolute Gasteiger partial charge is 0.497 e. The first-order chi connectivity index (χ1) is 16.3. The summed E-state index contributed by atoms with van der Waals surface area (Å²) in [5, 5.41) is 0.927. The summed E-state index contributed by atoms with van der Waals surface area (Å²) in [6.45, 7) is 5.37. The smallest absolute Gasteiger partial charge is 0.338 e. The molecule has 0 aliphatic carbocycles. The van der Waals surface area contributed by atoms with E-state index < -0.39 is 12.0 Å². The predicted molar refractivity (Wildman–Crippen MR) is 134 cm³/mol. The van der Waals surface area contributed by atoms with Crippen molar-refractivity contribution in [1.29, 1.82) is 0 Å². The van der Waals surface area contributed by atoms with Crippen molar-refractivity contribution in [2.24, 2.45) is 4.99 Å². The standard InChI is InChI=1S/C25H20Cl2N2O4S/c1-4-11-33-24(31)21-14(2)28-25-29(22(21)15-6-9-18(32-3)10-7-15)23(30)20(34-25)12-16-5-8-17(26)13-19(16)27/h4-10,12-13,22H,1,11H2,2-3H3/b20-12+. The van der Waals surface area contributed by atoms with Crippen LogP contribution in [0.5, 0.6) is 5.75 Å². The number of fused-ring (bicyclic) bond motifs is 1. The van der Waals surface area contributed by atoms with E-state index >= 15 is 0 Å². The highest BCUT2D eigenvalue weighted by Gasteiger charge is 2.33. The molecule has 4 rings (SSSR count). The van der Waals surface area contributed by atoms with Crippen LogP contribution < -0.4 is 19.6 Å². The summed E-state index contributed by atoms with van der Waals surface area (Å²) in [5.74, 6) is 0.0991. The molecule has 0 radical (unpaired) electrons. The second-order valence-corrected chi connectivity index (χ2v) is 9.26. The monoisotopic (exact) mass is 514 g/mol. The minimum absolute atomic E-state index is 0.0461. The Balaban J connectivity index is 1.93. The third kappa shape index (κ3) is 4.59. The molecule has 0 N–H and O–H groups in total. The number of halogens is 2. The summed E-state index contributed by atoms with van der Waals surface area (Å²) in [5.41, 5.74) is 1.84. The Morgan fingerprint density at radius 2 is 1.97 bits per heavy atom. The number of thiazole rings is 1. The molecule has 6 nitrogen and oxygen atoms in total. The van der Waals surface area contributed by atoms with Crippen molar-refractivity contribution in [3.63, 3.8) is 0 Å². The lowest BCUT2D eigenvalue weighted by atomic mass is 9.96. The molecule has 1 aromatic heterocycles. The van der Waals surface area contributed by atoms with Crippen LogP contribution in [0.4, 0.5) is 0 Å². The average molecular weight is 515 g/mol. The van der Waals surface area contributed by atoms with Gasteiger partial charge in [0.2, 0.25) is 0 Å². The predicted octanol–water partition coefficient (Wildman–Crippen LogP) is 4.28. The van der Waals surface area contributed by atoms with Crippen LogP contribution in [-0.2, 0) is 9.53 Å². The van der Waals surface area contributed by atoms with Gasteiger partial charge in [-0.05, 0) is 48.4 Å². The number of esters is 1. The molecule has 174 valence electrons. The fourth-order valence-corrected chi connectivity index (χ4v) is 5.16. The Hall–Kier alpha value is -3.13. The van der Waals surface area contributed by atoms with Crippen LogP contribution in [0.1, 0.15) is 24.1 Å². The van der Waals surface area contributed by atoms with Crippen LogP contribution in [0, 0.1) is 0 Å². The van der Waals surface area contributed by atoms with Gasteiger partial charge in [0.25, 0.3) is 5.56 Å². The zero-order valence-electron chi connectivity index (χ0n) is 18.4. The van der Waals surface area contributed by atoms with Crippen LogP contribution in [-0.4, -0.2) is 24.3 Å². The Bertz CT molecular complexity index is 1490. The lowest BCUT2D eigenvalue weighted by Crippen LogP contribution is -2.39. The van der Waals surface area contributed by atoms with Crippen molar-refractivity contribution < 1.29 is 14.3 Å². The van der Waals surface area contributed by atoms with Crippen LogP contribution in [0.15, 0.2) is 76.2 Å². The van der Waals surface area contributed by atoms with Crippen molar-refractivity contribution in [2.75, 3.05) is 13.7 Å². The normalized spacial score (nSPS) is 15.5. The van der Waals surface area contributed by atoms with Gasteiger partial charge in [0.05, 0.1) is 29.0 Å². The Labute approximate surface area is 209 Å². The topological polar surface area (TPSA) is 69.9 Å². The highest BCUT2D eigenvalue weighted by molar-refractivity contribution is 7.07. The van der Waals surface area contributed by atoms with E-state index in [9.17, 15) is 9.59 Å². The maximum Gasteiger partial charge on any atom is 0.338 e. The van der Waals surface area contributed by atoms with E-state index in [1.165, 1.54) is 22.0 Å². The van der Waals surface area contributed by atoms with E-state index in [4.69, 9.17) is 32.7 Å². The van der Waals surface area contributed by atoms with Crippen LogP contribution in [0.2, 0.25) is 10.0 Å². The fraction of sp³-hybridized carbons (Fsp3) is 0.160. The van der Waals surface area contributed by atoms with Crippen molar-refractivity contribution in [1.82, 2.24) is 4.57 Å². The average Bonchev–Trinajstić information content (AvgIpc) is 3.13. The first-order valence-corrected chi connectivity index (χ1v) is 11.8. The van der Waals surface area contributed by atoms with Gasteiger partial charge < -0.3 is 9.47 Å². The molecular formula is C25H20Cl2N2O4S. The van der Waals surface area contributed by atoms with Gasteiger partial charge in [0, 0.05) is 10.0 Å². The number of hydrogen-bond donors (Lipinski definition) is 0. The minimum atomic E-state index is -0.720. The van der Waals surface area contributed by atoms with E-state index in [0.717, 1.165) is 5.56 Å². The molecule has 0 saturated heterocycles. The molecule has 34 heavy (non-hydrogen) atoms. The van der Waals surface area contributed by atoms with Crippen LogP contribution >= 0.6 is 34.5 Å². The number of allylic oxidation sites excluding steroid dienone is 1. The van der Waals surface area contributed by atoms with Gasteiger partial charge in [-0.15, -0.1) is 0 Å². The van der Waals surface area contributed by atoms with Gasteiger partial charge in [-0.2, -0.15) is 0 Å². The summed E-state index contributed by atoms with van der Waals surface area (Å²) < 4.78 is 12.5. The molecule has 2 heterocycles.